The molecule has 1 aromatic rings. The smallest absolute Gasteiger partial charge is 0.152 e. The molecule has 6 nitrogen and oxygen atoms in total. The quantitative estimate of drug-likeness (QED) is 0.796. The number of nitrogen functional groups attached to an aromatic ring is 1. The third kappa shape index (κ3) is 2.35. The summed E-state index contributed by atoms with van der Waals surface area (Å²) in [6, 6.07) is -0.156. The fraction of sp³-hybridized carbons (Fsp3) is 0.500. The van der Waals surface area contributed by atoms with Crippen molar-refractivity contribution < 1.29 is 8.42 Å². The number of hydrogen-bond donors (Lipinski definition) is 2. The zero-order valence-electron chi connectivity index (χ0n) is 8.35. The molecule has 0 saturated carbocycles. The number of sulfone groups is 1. The maximum atomic E-state index is 11.3. The Bertz CT molecular complexity index is 505. The third-order valence-corrected chi connectivity index (χ3v) is 4.53. The van der Waals surface area contributed by atoms with Crippen LogP contribution < -0.4 is 11.1 Å². The average molecular weight is 263 g/mol. The minimum absolute atomic E-state index is 0.104. The van der Waals surface area contributed by atoms with Gasteiger partial charge in [0.2, 0.25) is 0 Å². The van der Waals surface area contributed by atoms with Crippen molar-refractivity contribution in [3.05, 3.63) is 11.3 Å². The van der Waals surface area contributed by atoms with Crippen LogP contribution in [0.25, 0.3) is 0 Å². The second-order valence-electron chi connectivity index (χ2n) is 3.67. The number of aromatic nitrogens is 2. The van der Waals surface area contributed by atoms with Crippen LogP contribution >= 0.6 is 11.6 Å². The molecule has 1 atom stereocenters. The van der Waals surface area contributed by atoms with Gasteiger partial charge in [-0.25, -0.2) is 18.4 Å². The first-order valence-electron chi connectivity index (χ1n) is 4.71. The Kier molecular flexibility index (Phi) is 2.90. The zero-order chi connectivity index (χ0) is 11.8. The van der Waals surface area contributed by atoms with Crippen LogP contribution in [0.2, 0.25) is 5.02 Å². The average Bonchev–Trinajstić information content (AvgIpc) is 2.53. The number of nitrogens with one attached hydrogen (secondary N) is 1. The highest BCUT2D eigenvalue weighted by atomic mass is 35.5. The maximum Gasteiger partial charge on any atom is 0.152 e. The van der Waals surface area contributed by atoms with Gasteiger partial charge in [0.15, 0.2) is 15.7 Å². The van der Waals surface area contributed by atoms with Gasteiger partial charge < -0.3 is 11.1 Å². The second-order valence-corrected chi connectivity index (χ2v) is 6.27. The number of rotatable bonds is 2. The Morgan fingerprint density at radius 1 is 1.50 bits per heavy atom. The minimum Gasteiger partial charge on any atom is -0.382 e. The van der Waals surface area contributed by atoms with E-state index in [4.69, 9.17) is 17.3 Å². The first-order valence-corrected chi connectivity index (χ1v) is 6.91. The molecule has 1 saturated heterocycles. The van der Waals surface area contributed by atoms with Crippen LogP contribution in [0.1, 0.15) is 6.42 Å². The molecule has 0 bridgehead atoms. The number of nitrogens with two attached hydrogens (primary N) is 1. The summed E-state index contributed by atoms with van der Waals surface area (Å²) in [4.78, 5) is 7.64. The molecule has 0 aromatic carbocycles. The van der Waals surface area contributed by atoms with Gasteiger partial charge in [-0.3, -0.25) is 0 Å². The van der Waals surface area contributed by atoms with Crippen molar-refractivity contribution in [2.45, 2.75) is 12.5 Å². The van der Waals surface area contributed by atoms with Gasteiger partial charge in [-0.1, -0.05) is 11.6 Å². The highest BCUT2D eigenvalue weighted by Crippen LogP contribution is 2.25. The highest BCUT2D eigenvalue weighted by molar-refractivity contribution is 7.91. The monoisotopic (exact) mass is 262 g/mol. The summed E-state index contributed by atoms with van der Waals surface area (Å²) in [6.07, 6.45) is 1.84. The van der Waals surface area contributed by atoms with Crippen molar-refractivity contribution in [1.29, 1.82) is 0 Å². The zero-order valence-corrected chi connectivity index (χ0v) is 9.92. The second kappa shape index (κ2) is 4.06. The number of nitrogens with zero attached hydrogens (tertiary/aromatic N) is 2. The minimum atomic E-state index is -2.92. The van der Waals surface area contributed by atoms with E-state index in [0.29, 0.717) is 12.2 Å². The van der Waals surface area contributed by atoms with Gasteiger partial charge in [0.05, 0.1) is 11.5 Å². The molecule has 0 amide bonds. The molecular formula is C8H11ClN4O2S. The summed E-state index contributed by atoms with van der Waals surface area (Å²) in [7, 11) is -2.92. The lowest BCUT2D eigenvalue weighted by atomic mass is 10.2. The Balaban J connectivity index is 2.14. The van der Waals surface area contributed by atoms with Crippen LogP contribution in [-0.2, 0) is 9.84 Å². The van der Waals surface area contributed by atoms with Crippen LogP contribution in [0.4, 0.5) is 11.6 Å². The van der Waals surface area contributed by atoms with Gasteiger partial charge in [-0.2, -0.15) is 0 Å². The lowest BCUT2D eigenvalue weighted by Crippen LogP contribution is -2.21. The van der Waals surface area contributed by atoms with Crippen molar-refractivity contribution in [2.24, 2.45) is 0 Å². The predicted octanol–water partition coefficient (Wildman–Crippen LogP) is 0.311. The molecule has 1 aliphatic heterocycles. The Morgan fingerprint density at radius 2 is 2.25 bits per heavy atom. The van der Waals surface area contributed by atoms with E-state index in [2.05, 4.69) is 15.3 Å². The summed E-state index contributed by atoms with van der Waals surface area (Å²) in [5, 5.41) is 3.19. The van der Waals surface area contributed by atoms with E-state index in [0.717, 1.165) is 0 Å². The summed E-state index contributed by atoms with van der Waals surface area (Å²) < 4.78 is 22.5. The molecule has 0 radical (unpaired) electrons. The van der Waals surface area contributed by atoms with Crippen molar-refractivity contribution >= 4 is 33.1 Å². The molecule has 3 N–H and O–H groups in total. The van der Waals surface area contributed by atoms with Crippen molar-refractivity contribution in [3.63, 3.8) is 0 Å². The molecule has 0 aliphatic carbocycles. The van der Waals surface area contributed by atoms with Gasteiger partial charge in [0, 0.05) is 6.04 Å². The SMILES string of the molecule is Nc1ncnc(NC2CCS(=O)(=O)C2)c1Cl. The summed E-state index contributed by atoms with van der Waals surface area (Å²) in [6.45, 7) is 0. The summed E-state index contributed by atoms with van der Waals surface area (Å²) in [5.41, 5.74) is 5.51. The molecule has 1 aliphatic rings. The lowest BCUT2D eigenvalue weighted by molar-refractivity contribution is 0.602. The van der Waals surface area contributed by atoms with E-state index >= 15 is 0 Å². The van der Waals surface area contributed by atoms with E-state index < -0.39 is 9.84 Å². The van der Waals surface area contributed by atoms with Crippen molar-refractivity contribution in [1.82, 2.24) is 9.97 Å². The maximum absolute atomic E-state index is 11.3. The van der Waals surface area contributed by atoms with Gasteiger partial charge in [0.25, 0.3) is 0 Å². The largest absolute Gasteiger partial charge is 0.382 e. The van der Waals surface area contributed by atoms with Gasteiger partial charge in [-0.15, -0.1) is 0 Å². The molecule has 1 unspecified atom stereocenters. The highest BCUT2D eigenvalue weighted by Gasteiger charge is 2.28. The standard InChI is InChI=1S/C8H11ClN4O2S/c9-6-7(10)11-4-12-8(6)13-5-1-2-16(14,15)3-5/h4-5H,1-3H2,(H3,10,11,12,13). The molecule has 1 fully saturated rings. The van der Waals surface area contributed by atoms with Crippen LogP contribution in [-0.4, -0.2) is 35.9 Å². The van der Waals surface area contributed by atoms with Crippen LogP contribution in [0.5, 0.6) is 0 Å². The normalized spacial score (nSPS) is 23.2. The molecule has 16 heavy (non-hydrogen) atoms. The molecule has 88 valence electrons. The third-order valence-electron chi connectivity index (χ3n) is 2.39. The van der Waals surface area contributed by atoms with Gasteiger partial charge in [0.1, 0.15) is 17.2 Å². The molecule has 2 rings (SSSR count). The Hall–Kier alpha value is -1.08. The molecule has 1 aromatic heterocycles. The summed E-state index contributed by atoms with van der Waals surface area (Å²) in [5.74, 6) is 0.868. The first kappa shape index (κ1) is 11.4. The van der Waals surface area contributed by atoms with Crippen molar-refractivity contribution in [2.75, 3.05) is 22.6 Å². The van der Waals surface area contributed by atoms with Crippen LogP contribution in [0.3, 0.4) is 0 Å². The Morgan fingerprint density at radius 3 is 2.88 bits per heavy atom. The Labute approximate surface area is 98.1 Å². The van der Waals surface area contributed by atoms with Gasteiger partial charge >= 0.3 is 0 Å². The molecule has 8 heteroatoms. The van der Waals surface area contributed by atoms with E-state index in [-0.39, 0.29) is 28.4 Å². The number of anilines is 2. The fourth-order valence-electron chi connectivity index (χ4n) is 1.59. The summed E-state index contributed by atoms with van der Waals surface area (Å²) >= 11 is 5.88. The molecule has 2 heterocycles. The topological polar surface area (TPSA) is 98.0 Å². The number of hydrogen-bond acceptors (Lipinski definition) is 6. The van der Waals surface area contributed by atoms with Crippen LogP contribution in [0, 0.1) is 0 Å². The van der Waals surface area contributed by atoms with Gasteiger partial charge in [-0.05, 0) is 6.42 Å². The van der Waals surface area contributed by atoms with E-state index in [1.54, 1.807) is 0 Å². The van der Waals surface area contributed by atoms with E-state index in [9.17, 15) is 8.42 Å². The first-order chi connectivity index (χ1) is 7.48. The van der Waals surface area contributed by atoms with E-state index in [1.165, 1.54) is 6.33 Å². The van der Waals surface area contributed by atoms with Crippen molar-refractivity contribution in [3.8, 4) is 0 Å². The number of halogens is 1. The van der Waals surface area contributed by atoms with E-state index in [1.807, 2.05) is 0 Å². The van der Waals surface area contributed by atoms with Crippen LogP contribution in [0.15, 0.2) is 6.33 Å². The molecule has 0 spiro atoms. The predicted molar refractivity (Wildman–Crippen MR) is 62.1 cm³/mol. The lowest BCUT2D eigenvalue weighted by Gasteiger charge is -2.12. The fourth-order valence-corrected chi connectivity index (χ4v) is 3.41. The molecular weight excluding hydrogens is 252 g/mol.